The number of amidine groups is 1. The second-order valence-corrected chi connectivity index (χ2v) is 6.41. The van der Waals surface area contributed by atoms with E-state index < -0.39 is 22.2 Å². The van der Waals surface area contributed by atoms with Gasteiger partial charge in [0.1, 0.15) is 0 Å². The molecular formula is C14H17N4O2+. The summed E-state index contributed by atoms with van der Waals surface area (Å²) in [5.41, 5.74) is 3.74. The van der Waals surface area contributed by atoms with Crippen molar-refractivity contribution in [3.8, 4) is 12.1 Å². The largest absolute Gasteiger partial charge is 0.343 e. The molecule has 0 unspecified atom stereocenters. The minimum absolute atomic E-state index is 0.117. The fourth-order valence-electron chi connectivity index (χ4n) is 5.17. The van der Waals surface area contributed by atoms with E-state index in [2.05, 4.69) is 17.1 Å². The zero-order valence-corrected chi connectivity index (χ0v) is 11.4. The van der Waals surface area contributed by atoms with Gasteiger partial charge in [-0.05, 0) is 19.8 Å². The van der Waals surface area contributed by atoms with E-state index in [4.69, 9.17) is 15.2 Å². The molecule has 2 heterocycles. The van der Waals surface area contributed by atoms with Crippen molar-refractivity contribution in [2.75, 3.05) is 6.61 Å². The maximum absolute atomic E-state index is 9.95. The van der Waals surface area contributed by atoms with Crippen LogP contribution >= 0.6 is 0 Å². The highest BCUT2D eigenvalue weighted by atomic mass is 16.8. The van der Waals surface area contributed by atoms with Gasteiger partial charge in [0, 0.05) is 5.41 Å². The van der Waals surface area contributed by atoms with Crippen molar-refractivity contribution >= 4 is 5.84 Å². The maximum Gasteiger partial charge on any atom is 0.343 e. The van der Waals surface area contributed by atoms with Crippen LogP contribution in [-0.4, -0.2) is 24.5 Å². The normalized spacial score (nSPS) is 50.8. The first-order valence-electron chi connectivity index (χ1n) is 7.11. The number of ether oxygens (including phenoxy) is 2. The Morgan fingerprint density at radius 3 is 2.50 bits per heavy atom. The SMILES string of the molecule is C[C@@H]1CO[C@]2([NH+]=C(N)[C@@]3(C#N)C4(CCCC4)[C@@]23C#N)O1. The van der Waals surface area contributed by atoms with Gasteiger partial charge in [0.05, 0.1) is 24.8 Å². The van der Waals surface area contributed by atoms with Crippen molar-refractivity contribution in [2.45, 2.75) is 44.6 Å². The Hall–Kier alpha value is -1.63. The van der Waals surface area contributed by atoms with E-state index in [0.717, 1.165) is 25.7 Å². The smallest absolute Gasteiger partial charge is 0.311 e. The Bertz CT molecular complexity index is 612. The fraction of sp³-hybridized carbons (Fsp3) is 0.786. The van der Waals surface area contributed by atoms with Gasteiger partial charge >= 0.3 is 5.91 Å². The minimum Gasteiger partial charge on any atom is -0.311 e. The van der Waals surface area contributed by atoms with Crippen molar-refractivity contribution in [3.63, 3.8) is 0 Å². The number of hydrogen-bond acceptors (Lipinski definition) is 5. The lowest BCUT2D eigenvalue weighted by Crippen LogP contribution is -2.90. The molecule has 2 saturated carbocycles. The van der Waals surface area contributed by atoms with Crippen molar-refractivity contribution in [2.24, 2.45) is 22.0 Å². The molecule has 4 aliphatic rings. The summed E-state index contributed by atoms with van der Waals surface area (Å²) in [5, 5.41) is 19.8. The summed E-state index contributed by atoms with van der Waals surface area (Å²) in [5.74, 6) is -0.900. The molecule has 4 rings (SSSR count). The number of nitrogens with one attached hydrogen (secondary N) is 1. The molecule has 2 aliphatic carbocycles. The summed E-state index contributed by atoms with van der Waals surface area (Å²) in [6.45, 7) is 2.30. The van der Waals surface area contributed by atoms with Gasteiger partial charge in [-0.15, -0.1) is 0 Å². The van der Waals surface area contributed by atoms with Crippen molar-refractivity contribution in [1.29, 1.82) is 10.5 Å². The molecular weight excluding hydrogens is 256 g/mol. The van der Waals surface area contributed by atoms with E-state index in [1.807, 2.05) is 6.92 Å². The molecule has 3 N–H and O–H groups in total. The lowest BCUT2D eigenvalue weighted by molar-refractivity contribution is -0.680. The molecule has 4 atom stereocenters. The molecule has 0 aromatic heterocycles. The number of fused-ring (bicyclic) bond motifs is 4. The van der Waals surface area contributed by atoms with E-state index in [1.165, 1.54) is 0 Å². The topological polar surface area (TPSA) is 106 Å². The molecule has 3 fully saturated rings. The number of rotatable bonds is 0. The first kappa shape index (κ1) is 12.1. The highest BCUT2D eigenvalue weighted by molar-refractivity contribution is 5.95. The van der Waals surface area contributed by atoms with Gasteiger partial charge in [-0.25, -0.2) is 4.99 Å². The van der Waals surface area contributed by atoms with Gasteiger partial charge in [-0.3, -0.25) is 5.73 Å². The van der Waals surface area contributed by atoms with Gasteiger partial charge in [0.25, 0.3) is 5.84 Å². The fourth-order valence-corrected chi connectivity index (χ4v) is 5.17. The second kappa shape index (κ2) is 3.16. The summed E-state index contributed by atoms with van der Waals surface area (Å²) in [4.78, 5) is 3.00. The van der Waals surface area contributed by atoms with E-state index >= 15 is 0 Å². The van der Waals surface area contributed by atoms with Crippen LogP contribution < -0.4 is 10.7 Å². The Kier molecular flexibility index (Phi) is 1.92. The molecule has 104 valence electrons. The summed E-state index contributed by atoms with van der Waals surface area (Å²) >= 11 is 0. The van der Waals surface area contributed by atoms with Gasteiger partial charge in [-0.1, -0.05) is 12.8 Å². The van der Waals surface area contributed by atoms with Crippen molar-refractivity contribution in [3.05, 3.63) is 0 Å². The van der Waals surface area contributed by atoms with Crippen LogP contribution in [-0.2, 0) is 9.47 Å². The van der Waals surface area contributed by atoms with Gasteiger partial charge < -0.3 is 9.47 Å². The summed E-state index contributed by atoms with van der Waals surface area (Å²) in [6.07, 6.45) is 3.59. The van der Waals surface area contributed by atoms with Gasteiger partial charge in [0.2, 0.25) is 0 Å². The van der Waals surface area contributed by atoms with Crippen LogP contribution in [0.25, 0.3) is 0 Å². The molecule has 6 nitrogen and oxygen atoms in total. The predicted octanol–water partition coefficient (Wildman–Crippen LogP) is -0.879. The maximum atomic E-state index is 9.95. The molecule has 6 heteroatoms. The molecule has 0 amide bonds. The molecule has 0 bridgehead atoms. The van der Waals surface area contributed by atoms with Crippen LogP contribution in [0, 0.1) is 38.9 Å². The Labute approximate surface area is 117 Å². The molecule has 0 aromatic carbocycles. The van der Waals surface area contributed by atoms with Crippen molar-refractivity contribution < 1.29 is 14.5 Å². The third-order valence-corrected chi connectivity index (χ3v) is 5.81. The number of hydrogen-bond donors (Lipinski definition) is 2. The Morgan fingerprint density at radius 2 is 2.00 bits per heavy atom. The molecule has 0 radical (unpaired) electrons. The first-order valence-corrected chi connectivity index (χ1v) is 7.11. The molecule has 1 saturated heterocycles. The average molecular weight is 273 g/mol. The highest BCUT2D eigenvalue weighted by Gasteiger charge is 3.04. The summed E-state index contributed by atoms with van der Waals surface area (Å²) in [7, 11) is 0. The Balaban J connectivity index is 1.96. The van der Waals surface area contributed by atoms with E-state index in [9.17, 15) is 10.5 Å². The standard InChI is InChI=1S/C14H16N4O2/c1-9-6-19-14(20-9)13(8-16)11(4-2-3-5-11)12(13,7-15)10(17)18-14/h9H,2-6H2,1H3,(H2,17,18)/p+1/t9-,12+,13-,14+/m1/s1. The quantitative estimate of drug-likeness (QED) is 0.596. The lowest BCUT2D eigenvalue weighted by atomic mass is 9.88. The zero-order valence-electron chi connectivity index (χ0n) is 11.4. The molecule has 2 aliphatic heterocycles. The van der Waals surface area contributed by atoms with Gasteiger partial charge in [0.15, 0.2) is 10.8 Å². The van der Waals surface area contributed by atoms with Crippen molar-refractivity contribution in [1.82, 2.24) is 0 Å². The van der Waals surface area contributed by atoms with Crippen LogP contribution in [0.5, 0.6) is 0 Å². The van der Waals surface area contributed by atoms with Crippen LogP contribution in [0.2, 0.25) is 0 Å². The zero-order chi connectivity index (χ0) is 14.2. The lowest BCUT2D eigenvalue weighted by Gasteiger charge is -2.27. The third-order valence-electron chi connectivity index (χ3n) is 5.81. The highest BCUT2D eigenvalue weighted by Crippen LogP contribution is 2.87. The van der Waals surface area contributed by atoms with Crippen LogP contribution in [0.3, 0.4) is 0 Å². The second-order valence-electron chi connectivity index (χ2n) is 6.41. The minimum atomic E-state index is -1.24. The summed E-state index contributed by atoms with van der Waals surface area (Å²) in [6, 6.07) is 4.73. The monoisotopic (exact) mass is 273 g/mol. The van der Waals surface area contributed by atoms with Crippen LogP contribution in [0.1, 0.15) is 32.6 Å². The van der Waals surface area contributed by atoms with E-state index in [0.29, 0.717) is 12.4 Å². The molecule has 2 spiro atoms. The molecule has 20 heavy (non-hydrogen) atoms. The number of nitrogens with two attached hydrogens (primary N) is 1. The third kappa shape index (κ3) is 0.804. The van der Waals surface area contributed by atoms with E-state index in [-0.39, 0.29) is 6.10 Å². The first-order chi connectivity index (χ1) is 9.56. The number of nitriles is 2. The average Bonchev–Trinajstić information content (AvgIpc) is 2.83. The van der Waals surface area contributed by atoms with Crippen LogP contribution in [0.15, 0.2) is 0 Å². The predicted molar refractivity (Wildman–Crippen MR) is 66.4 cm³/mol. The number of nitrogens with zero attached hydrogens (tertiary/aromatic N) is 2. The molecule has 0 aromatic rings. The Morgan fingerprint density at radius 1 is 1.30 bits per heavy atom. The van der Waals surface area contributed by atoms with Crippen LogP contribution in [0.4, 0.5) is 0 Å². The van der Waals surface area contributed by atoms with E-state index in [1.54, 1.807) is 0 Å². The van der Waals surface area contributed by atoms with Gasteiger partial charge in [-0.2, -0.15) is 10.5 Å². The summed E-state index contributed by atoms with van der Waals surface area (Å²) < 4.78 is 11.8.